The summed E-state index contributed by atoms with van der Waals surface area (Å²) in [5.74, 6) is 0. The van der Waals surface area contributed by atoms with Crippen LogP contribution in [-0.4, -0.2) is 40.0 Å². The average Bonchev–Trinajstić information content (AvgIpc) is 2.69. The molecular weight excluding hydrogens is 341 g/mol. The highest BCUT2D eigenvalue weighted by molar-refractivity contribution is 7.48. The van der Waals surface area contributed by atoms with Crippen LogP contribution in [0, 0.1) is 0 Å². The highest BCUT2D eigenvalue weighted by Gasteiger charge is 2.59. The van der Waals surface area contributed by atoms with Gasteiger partial charge in [0.15, 0.2) is 6.23 Å². The first kappa shape index (κ1) is 17.5. The predicted octanol–water partition coefficient (Wildman–Crippen LogP) is 0.0999. The van der Waals surface area contributed by atoms with E-state index in [2.05, 4.69) is 4.98 Å². The van der Waals surface area contributed by atoms with Crippen LogP contribution in [-0.2, 0) is 22.9 Å². The number of phosphoric acid groups is 1. The minimum absolute atomic E-state index is 0.0456. The Hall–Kier alpha value is -1.29. The smallest absolute Gasteiger partial charge is 0.347 e. The predicted molar refractivity (Wildman–Crippen MR) is 82.5 cm³/mol. The number of hydrogen-bond acceptors (Lipinski definition) is 8. The van der Waals surface area contributed by atoms with E-state index in [1.54, 1.807) is 20.8 Å². The zero-order valence-corrected chi connectivity index (χ0v) is 14.4. The number of aromatic amines is 1. The van der Waals surface area contributed by atoms with Gasteiger partial charge in [0.2, 0.25) is 0 Å². The lowest BCUT2D eigenvalue weighted by Gasteiger charge is -2.36. The third kappa shape index (κ3) is 3.01. The zero-order chi connectivity index (χ0) is 17.7. The fourth-order valence-electron chi connectivity index (χ4n) is 2.86. The summed E-state index contributed by atoms with van der Waals surface area (Å²) in [7, 11) is -3.76. The molecule has 0 unspecified atom stereocenters. The summed E-state index contributed by atoms with van der Waals surface area (Å²) in [6.45, 7) is 4.98. The number of nitrogens with two attached hydrogens (primary N) is 1. The van der Waals surface area contributed by atoms with E-state index in [1.165, 1.54) is 12.3 Å². The molecule has 0 aliphatic carbocycles. The van der Waals surface area contributed by atoms with Gasteiger partial charge in [-0.1, -0.05) is 0 Å². The van der Waals surface area contributed by atoms with E-state index in [0.717, 1.165) is 4.57 Å². The van der Waals surface area contributed by atoms with Gasteiger partial charge in [-0.15, -0.1) is 0 Å². The number of rotatable bonds is 3. The van der Waals surface area contributed by atoms with Crippen LogP contribution in [0.4, 0.5) is 0 Å². The molecule has 5 atom stereocenters. The molecule has 3 N–H and O–H groups in total. The molecule has 134 valence electrons. The second-order valence-electron chi connectivity index (χ2n) is 6.33. The van der Waals surface area contributed by atoms with Gasteiger partial charge in [-0.3, -0.25) is 27.9 Å². The lowest BCUT2D eigenvalue weighted by Crippen LogP contribution is -2.55. The van der Waals surface area contributed by atoms with Crippen molar-refractivity contribution in [2.24, 2.45) is 5.73 Å². The van der Waals surface area contributed by atoms with Crippen molar-refractivity contribution in [1.29, 1.82) is 0 Å². The van der Waals surface area contributed by atoms with Crippen molar-refractivity contribution in [3.05, 3.63) is 33.1 Å². The topological polar surface area (TPSA) is 135 Å². The van der Waals surface area contributed by atoms with Gasteiger partial charge in [0.05, 0.1) is 18.2 Å². The molecule has 3 rings (SSSR count). The number of hydrogen-bond donors (Lipinski definition) is 2. The van der Waals surface area contributed by atoms with Crippen LogP contribution in [0.2, 0.25) is 0 Å². The van der Waals surface area contributed by atoms with Crippen molar-refractivity contribution in [1.82, 2.24) is 9.55 Å². The van der Waals surface area contributed by atoms with Crippen LogP contribution in [0.15, 0.2) is 21.9 Å². The number of ether oxygens (including phenoxy) is 1. The highest BCUT2D eigenvalue weighted by Crippen LogP contribution is 2.58. The Morgan fingerprint density at radius 3 is 2.83 bits per heavy atom. The van der Waals surface area contributed by atoms with Crippen LogP contribution in [0.3, 0.4) is 0 Å². The summed E-state index contributed by atoms with van der Waals surface area (Å²) in [4.78, 5) is 25.4. The number of H-pyrrole nitrogens is 1. The molecule has 0 bridgehead atoms. The van der Waals surface area contributed by atoms with E-state index in [4.69, 9.17) is 24.0 Å². The van der Waals surface area contributed by atoms with Crippen LogP contribution >= 0.6 is 7.82 Å². The first-order chi connectivity index (χ1) is 11.1. The molecular formula is C13H20N3O7P. The third-order valence-electron chi connectivity index (χ3n) is 3.87. The van der Waals surface area contributed by atoms with E-state index in [9.17, 15) is 14.2 Å². The molecule has 0 saturated carbocycles. The Labute approximate surface area is 137 Å². The molecule has 2 saturated heterocycles. The Morgan fingerprint density at radius 2 is 2.21 bits per heavy atom. The first-order valence-corrected chi connectivity index (χ1v) is 8.95. The summed E-state index contributed by atoms with van der Waals surface area (Å²) in [6, 6.07) is 1.19. The van der Waals surface area contributed by atoms with Gasteiger partial charge in [-0.05, 0) is 20.8 Å². The summed E-state index contributed by atoms with van der Waals surface area (Å²) < 4.78 is 35.4. The van der Waals surface area contributed by atoms with Crippen LogP contribution in [0.25, 0.3) is 0 Å². The van der Waals surface area contributed by atoms with Gasteiger partial charge >= 0.3 is 13.5 Å². The monoisotopic (exact) mass is 361 g/mol. The third-order valence-corrected chi connectivity index (χ3v) is 5.50. The number of phosphoric ester groups is 1. The second-order valence-corrected chi connectivity index (χ2v) is 7.91. The fraction of sp³-hybridized carbons (Fsp3) is 0.692. The minimum Gasteiger partial charge on any atom is -0.347 e. The van der Waals surface area contributed by atoms with Gasteiger partial charge < -0.3 is 10.5 Å². The summed E-state index contributed by atoms with van der Waals surface area (Å²) in [5.41, 5.74) is 3.94. The molecule has 3 heterocycles. The Bertz CT molecular complexity index is 786. The van der Waals surface area contributed by atoms with Gasteiger partial charge in [-0.2, -0.15) is 0 Å². The maximum absolute atomic E-state index is 12.5. The molecule has 24 heavy (non-hydrogen) atoms. The van der Waals surface area contributed by atoms with Gasteiger partial charge in [0, 0.05) is 12.3 Å². The summed E-state index contributed by atoms with van der Waals surface area (Å²) in [6.07, 6.45) is -1.43. The zero-order valence-electron chi connectivity index (χ0n) is 13.5. The van der Waals surface area contributed by atoms with Crippen LogP contribution in [0.1, 0.15) is 27.0 Å². The van der Waals surface area contributed by atoms with Gasteiger partial charge in [0.1, 0.15) is 12.2 Å². The summed E-state index contributed by atoms with van der Waals surface area (Å²) in [5, 5.41) is 0. The maximum Gasteiger partial charge on any atom is 0.475 e. The molecule has 1 aromatic heterocycles. The van der Waals surface area contributed by atoms with Gasteiger partial charge in [0.25, 0.3) is 5.56 Å². The maximum atomic E-state index is 12.5. The second kappa shape index (κ2) is 5.91. The Balaban J connectivity index is 1.91. The molecule has 10 nitrogen and oxygen atoms in total. The minimum atomic E-state index is -3.76. The molecule has 0 radical (unpaired) electrons. The van der Waals surface area contributed by atoms with Crippen LogP contribution in [0.5, 0.6) is 0 Å². The highest BCUT2D eigenvalue weighted by atomic mass is 31.2. The lowest BCUT2D eigenvalue weighted by atomic mass is 9.93. The van der Waals surface area contributed by atoms with E-state index >= 15 is 0 Å². The van der Waals surface area contributed by atoms with Crippen molar-refractivity contribution in [2.75, 3.05) is 6.61 Å². The van der Waals surface area contributed by atoms with E-state index in [1.807, 2.05) is 0 Å². The molecule has 0 spiro atoms. The molecule has 0 aromatic carbocycles. The van der Waals surface area contributed by atoms with E-state index < -0.39 is 43.0 Å². The SMILES string of the molecule is CC(C)O[P@@]1(=O)OC[C@H]2O[C@@H](n3ccc(=O)[nH]c3=O)[C@](C)(N)[C@@H]2O1. The first-order valence-electron chi connectivity index (χ1n) is 7.49. The van der Waals surface area contributed by atoms with Crippen molar-refractivity contribution < 1.29 is 22.9 Å². The van der Waals surface area contributed by atoms with E-state index in [-0.39, 0.29) is 12.7 Å². The quantitative estimate of drug-likeness (QED) is 0.724. The van der Waals surface area contributed by atoms with E-state index in [0.29, 0.717) is 0 Å². The molecule has 1 aromatic rings. The molecule has 2 aliphatic rings. The normalized spacial score (nSPS) is 39.1. The fourth-order valence-corrected chi connectivity index (χ4v) is 4.52. The molecule has 0 amide bonds. The van der Waals surface area contributed by atoms with Crippen molar-refractivity contribution in [3.63, 3.8) is 0 Å². The van der Waals surface area contributed by atoms with Gasteiger partial charge in [-0.25, -0.2) is 9.36 Å². The summed E-state index contributed by atoms with van der Waals surface area (Å²) >= 11 is 0. The van der Waals surface area contributed by atoms with Crippen LogP contribution < -0.4 is 17.0 Å². The average molecular weight is 361 g/mol. The van der Waals surface area contributed by atoms with Crippen molar-refractivity contribution in [3.8, 4) is 0 Å². The Kier molecular flexibility index (Phi) is 4.31. The number of fused-ring (bicyclic) bond motifs is 1. The number of aromatic nitrogens is 2. The molecule has 11 heteroatoms. The van der Waals surface area contributed by atoms with Crippen molar-refractivity contribution >= 4 is 7.82 Å². The molecule has 2 fully saturated rings. The number of nitrogens with zero attached hydrogens (tertiary/aromatic N) is 1. The van der Waals surface area contributed by atoms with Crippen molar-refractivity contribution in [2.45, 2.75) is 50.8 Å². The lowest BCUT2D eigenvalue weighted by molar-refractivity contribution is -0.0749. The number of nitrogens with one attached hydrogen (secondary N) is 1. The largest absolute Gasteiger partial charge is 0.475 e. The Morgan fingerprint density at radius 1 is 1.50 bits per heavy atom. The standard InChI is InChI=1S/C13H20N3O7P/c1-7(2)22-24(19)20-6-8-10(23-24)13(3,14)11(21-8)16-5-4-9(17)15-12(16)18/h4-5,7-8,10-11H,6,14H2,1-3H3,(H,15,17,18)/t8-,10-,11-,13-,24-/m1/s1. The molecule has 2 aliphatic heterocycles.